The van der Waals surface area contributed by atoms with Gasteiger partial charge in [-0.15, -0.1) is 0 Å². The van der Waals surface area contributed by atoms with Gasteiger partial charge in [0.05, 0.1) is 0 Å². The highest BCUT2D eigenvalue weighted by Gasteiger charge is 2.29. The largest absolute Gasteiger partial charge is 0.293 e. The second-order valence-corrected chi connectivity index (χ2v) is 6.63. The van der Waals surface area contributed by atoms with Crippen LogP contribution in [-0.4, -0.2) is 25.2 Å². The molecule has 0 aliphatic carbocycles. The summed E-state index contributed by atoms with van der Waals surface area (Å²) in [6.07, 6.45) is 0.279. The second-order valence-electron chi connectivity index (χ2n) is 3.72. The third-order valence-electron chi connectivity index (χ3n) is 2.61. The number of rotatable bonds is 5. The van der Waals surface area contributed by atoms with Crippen LogP contribution in [0.15, 0.2) is 24.3 Å². The molecular weight excluding hydrogens is 260 g/mol. The van der Waals surface area contributed by atoms with Crippen molar-refractivity contribution < 1.29 is 13.2 Å². The molecule has 0 aromatic heterocycles. The van der Waals surface area contributed by atoms with Gasteiger partial charge in [-0.3, -0.25) is 4.79 Å². The first kappa shape index (κ1) is 14.2. The van der Waals surface area contributed by atoms with E-state index in [9.17, 15) is 13.2 Å². The van der Waals surface area contributed by atoms with Gasteiger partial charge in [0.2, 0.25) is 0 Å². The number of benzene rings is 1. The fourth-order valence-corrected chi connectivity index (χ4v) is 3.19. The molecule has 5 heteroatoms. The quantitative estimate of drug-likeness (QED) is 0.776. The monoisotopic (exact) mass is 274 g/mol. The van der Waals surface area contributed by atoms with E-state index in [0.717, 1.165) is 0 Å². The minimum Gasteiger partial charge on any atom is -0.293 e. The van der Waals surface area contributed by atoms with Gasteiger partial charge < -0.3 is 0 Å². The molecule has 0 saturated carbocycles. The van der Waals surface area contributed by atoms with E-state index in [0.29, 0.717) is 10.6 Å². The zero-order valence-electron chi connectivity index (χ0n) is 9.81. The lowest BCUT2D eigenvalue weighted by molar-refractivity contribution is 0.0985. The van der Waals surface area contributed by atoms with Gasteiger partial charge in [0, 0.05) is 16.3 Å². The Bertz CT molecular complexity index is 508. The summed E-state index contributed by atoms with van der Waals surface area (Å²) in [5, 5.41) is -0.537. The van der Waals surface area contributed by atoms with Crippen LogP contribution in [0.4, 0.5) is 0 Å². The minimum atomic E-state index is -3.36. The van der Waals surface area contributed by atoms with Crippen molar-refractivity contribution in [3.8, 4) is 0 Å². The van der Waals surface area contributed by atoms with Gasteiger partial charge >= 0.3 is 0 Å². The highest BCUT2D eigenvalue weighted by molar-refractivity contribution is 7.92. The summed E-state index contributed by atoms with van der Waals surface area (Å²) in [5.74, 6) is -0.408. The molecule has 1 aromatic carbocycles. The lowest BCUT2D eigenvalue weighted by Gasteiger charge is -2.13. The lowest BCUT2D eigenvalue weighted by Crippen LogP contribution is -2.31. The van der Waals surface area contributed by atoms with Gasteiger partial charge in [0.25, 0.3) is 0 Å². The van der Waals surface area contributed by atoms with Crippen LogP contribution < -0.4 is 0 Å². The molecule has 0 bridgehead atoms. The molecule has 17 heavy (non-hydrogen) atoms. The number of Topliss-reactive ketones (excluding diaryl/α,β-unsaturated/α-hetero) is 1. The molecule has 1 atom stereocenters. The van der Waals surface area contributed by atoms with Crippen molar-refractivity contribution in [1.82, 2.24) is 0 Å². The number of carbonyl (C=O) groups is 1. The molecule has 1 aromatic rings. The third-order valence-corrected chi connectivity index (χ3v) is 5.06. The minimum absolute atomic E-state index is 0.0299. The molecule has 0 saturated heterocycles. The number of sulfone groups is 1. The molecule has 0 fully saturated rings. The van der Waals surface area contributed by atoms with Crippen LogP contribution in [0.2, 0.25) is 5.02 Å². The molecule has 0 aliphatic heterocycles. The van der Waals surface area contributed by atoms with Crippen LogP contribution in [0.1, 0.15) is 30.6 Å². The van der Waals surface area contributed by atoms with Crippen molar-refractivity contribution in [2.45, 2.75) is 25.5 Å². The Labute approximate surface area is 107 Å². The van der Waals surface area contributed by atoms with E-state index in [-0.39, 0.29) is 18.0 Å². The van der Waals surface area contributed by atoms with Crippen LogP contribution in [-0.2, 0) is 9.84 Å². The molecule has 94 valence electrons. The normalized spacial score (nSPS) is 13.4. The predicted molar refractivity (Wildman–Crippen MR) is 69.3 cm³/mol. The molecule has 0 radical (unpaired) electrons. The van der Waals surface area contributed by atoms with Crippen LogP contribution in [0.5, 0.6) is 0 Å². The molecule has 3 nitrogen and oxygen atoms in total. The SMILES string of the molecule is CC[C@H](C(=O)c1cccc(Cl)c1)S(=O)(=O)CC. The van der Waals surface area contributed by atoms with E-state index in [4.69, 9.17) is 11.6 Å². The highest BCUT2D eigenvalue weighted by atomic mass is 35.5. The number of hydrogen-bond donors (Lipinski definition) is 0. The van der Waals surface area contributed by atoms with Gasteiger partial charge in [0.15, 0.2) is 15.6 Å². The zero-order chi connectivity index (χ0) is 13.1. The van der Waals surface area contributed by atoms with Crippen molar-refractivity contribution in [2.75, 3.05) is 5.75 Å². The van der Waals surface area contributed by atoms with Gasteiger partial charge in [-0.2, -0.15) is 0 Å². The van der Waals surface area contributed by atoms with Crippen LogP contribution in [0.25, 0.3) is 0 Å². The molecule has 0 unspecified atom stereocenters. The summed E-state index contributed by atoms with van der Waals surface area (Å²) >= 11 is 5.78. The molecule has 0 N–H and O–H groups in total. The van der Waals surface area contributed by atoms with E-state index in [2.05, 4.69) is 0 Å². The smallest absolute Gasteiger partial charge is 0.180 e. The summed E-state index contributed by atoms with van der Waals surface area (Å²) in [5.41, 5.74) is 0.348. The maximum absolute atomic E-state index is 12.1. The van der Waals surface area contributed by atoms with E-state index in [1.165, 1.54) is 6.07 Å². The Balaban J connectivity index is 3.11. The summed E-state index contributed by atoms with van der Waals surface area (Å²) in [6, 6.07) is 6.37. The maximum atomic E-state index is 12.1. The van der Waals surface area contributed by atoms with Gasteiger partial charge in [-0.25, -0.2) is 8.42 Å². The first-order valence-electron chi connectivity index (χ1n) is 5.43. The number of halogens is 1. The first-order chi connectivity index (χ1) is 7.92. The van der Waals surface area contributed by atoms with E-state index in [1.807, 2.05) is 0 Å². The number of ketones is 1. The second kappa shape index (κ2) is 5.65. The Hall–Kier alpha value is -0.870. The van der Waals surface area contributed by atoms with E-state index >= 15 is 0 Å². The van der Waals surface area contributed by atoms with Gasteiger partial charge in [0.1, 0.15) is 5.25 Å². The molecule has 1 rings (SSSR count). The van der Waals surface area contributed by atoms with Crippen LogP contribution >= 0.6 is 11.6 Å². The fourth-order valence-electron chi connectivity index (χ4n) is 1.63. The highest BCUT2D eigenvalue weighted by Crippen LogP contribution is 2.17. The summed E-state index contributed by atoms with van der Waals surface area (Å²) in [4.78, 5) is 12.1. The van der Waals surface area contributed by atoms with Crippen molar-refractivity contribution in [1.29, 1.82) is 0 Å². The molecular formula is C12H15ClO3S. The van der Waals surface area contributed by atoms with E-state index in [1.54, 1.807) is 32.0 Å². The van der Waals surface area contributed by atoms with Crippen molar-refractivity contribution in [3.63, 3.8) is 0 Å². The average molecular weight is 275 g/mol. The molecule has 0 spiro atoms. The number of carbonyl (C=O) groups excluding carboxylic acids is 1. The van der Waals surface area contributed by atoms with Crippen LogP contribution in [0.3, 0.4) is 0 Å². The van der Waals surface area contributed by atoms with Crippen molar-refractivity contribution in [3.05, 3.63) is 34.9 Å². The van der Waals surface area contributed by atoms with Crippen LogP contribution in [0, 0.1) is 0 Å². The fraction of sp³-hybridized carbons (Fsp3) is 0.417. The Kier molecular flexibility index (Phi) is 4.71. The molecule has 0 heterocycles. The van der Waals surface area contributed by atoms with E-state index < -0.39 is 15.1 Å². The molecule has 0 amide bonds. The summed E-state index contributed by atoms with van der Waals surface area (Å²) in [6.45, 7) is 3.24. The van der Waals surface area contributed by atoms with Crippen molar-refractivity contribution >= 4 is 27.2 Å². The predicted octanol–water partition coefficient (Wildman–Crippen LogP) is 2.74. The maximum Gasteiger partial charge on any atom is 0.180 e. The van der Waals surface area contributed by atoms with Gasteiger partial charge in [-0.1, -0.05) is 37.6 Å². The van der Waals surface area contributed by atoms with Gasteiger partial charge in [-0.05, 0) is 18.6 Å². The molecule has 0 aliphatic rings. The summed E-state index contributed by atoms with van der Waals surface area (Å²) < 4.78 is 23.6. The average Bonchev–Trinajstić information content (AvgIpc) is 2.29. The zero-order valence-corrected chi connectivity index (χ0v) is 11.4. The Morgan fingerprint density at radius 3 is 2.47 bits per heavy atom. The Morgan fingerprint density at radius 2 is 2.00 bits per heavy atom. The Morgan fingerprint density at radius 1 is 1.35 bits per heavy atom. The lowest BCUT2D eigenvalue weighted by atomic mass is 10.1. The summed E-state index contributed by atoms with van der Waals surface area (Å²) in [7, 11) is -3.36. The number of hydrogen-bond acceptors (Lipinski definition) is 3. The standard InChI is InChI=1S/C12H15ClO3S/c1-3-11(17(15,16)4-2)12(14)9-6-5-7-10(13)8-9/h5-8,11H,3-4H2,1-2H3/t11-/m1/s1. The topological polar surface area (TPSA) is 51.2 Å². The third kappa shape index (κ3) is 3.30. The van der Waals surface area contributed by atoms with Crippen molar-refractivity contribution in [2.24, 2.45) is 0 Å². The first-order valence-corrected chi connectivity index (χ1v) is 7.53.